The molecule has 19 heavy (non-hydrogen) atoms. The summed E-state index contributed by atoms with van der Waals surface area (Å²) in [6.45, 7) is 2.03. The summed E-state index contributed by atoms with van der Waals surface area (Å²) in [6, 6.07) is 4.36. The van der Waals surface area contributed by atoms with Crippen molar-refractivity contribution < 1.29 is 13.9 Å². The lowest BCUT2D eigenvalue weighted by Crippen LogP contribution is -2.33. The van der Waals surface area contributed by atoms with E-state index in [0.717, 1.165) is 31.5 Å². The van der Waals surface area contributed by atoms with Gasteiger partial charge in [-0.1, -0.05) is 22.0 Å². The van der Waals surface area contributed by atoms with Gasteiger partial charge in [-0.15, -0.1) is 0 Å². The molecule has 1 aliphatic rings. The fourth-order valence-corrected chi connectivity index (χ4v) is 2.59. The molecule has 0 aliphatic carbocycles. The summed E-state index contributed by atoms with van der Waals surface area (Å²) in [5.74, 6) is -0.292. The zero-order valence-electron chi connectivity index (χ0n) is 10.6. The van der Waals surface area contributed by atoms with Crippen LogP contribution in [0.25, 0.3) is 0 Å². The van der Waals surface area contributed by atoms with Gasteiger partial charge in [0.25, 0.3) is 0 Å². The van der Waals surface area contributed by atoms with Crippen LogP contribution in [-0.4, -0.2) is 31.6 Å². The van der Waals surface area contributed by atoms with Crippen LogP contribution in [-0.2, 0) is 16.0 Å². The van der Waals surface area contributed by atoms with Gasteiger partial charge in [-0.25, -0.2) is 4.39 Å². The van der Waals surface area contributed by atoms with Crippen LogP contribution >= 0.6 is 15.9 Å². The number of hydrogen-bond acceptors (Lipinski definition) is 3. The third-order valence-electron chi connectivity index (χ3n) is 3.17. The highest BCUT2D eigenvalue weighted by atomic mass is 79.9. The molecule has 0 unspecified atom stereocenters. The second-order valence-corrected chi connectivity index (χ2v) is 5.57. The maximum absolute atomic E-state index is 12.9. The van der Waals surface area contributed by atoms with Crippen molar-refractivity contribution >= 4 is 21.7 Å². The van der Waals surface area contributed by atoms with Crippen LogP contribution in [0.15, 0.2) is 22.7 Å². The third-order valence-corrected chi connectivity index (χ3v) is 3.91. The molecular formula is C14H17BrFNO2. The minimum absolute atomic E-state index is 0.0193. The lowest BCUT2D eigenvalue weighted by atomic mass is 10.1. The lowest BCUT2D eigenvalue weighted by Gasteiger charge is -2.22. The average molecular weight is 330 g/mol. The number of benzene rings is 1. The predicted octanol–water partition coefficient (Wildman–Crippen LogP) is 2.47. The Morgan fingerprint density at radius 2 is 2.16 bits per heavy atom. The fourth-order valence-electron chi connectivity index (χ4n) is 2.10. The number of ketones is 1. The summed E-state index contributed by atoms with van der Waals surface area (Å²) in [6.07, 6.45) is 2.36. The van der Waals surface area contributed by atoms with Crippen LogP contribution in [0.2, 0.25) is 0 Å². The number of nitrogens with one attached hydrogen (secondary N) is 1. The largest absolute Gasteiger partial charge is 0.370 e. The molecule has 3 nitrogen and oxygen atoms in total. The maximum atomic E-state index is 12.9. The number of piperidine rings is 1. The second-order valence-electron chi connectivity index (χ2n) is 4.71. The molecule has 0 amide bonds. The van der Waals surface area contributed by atoms with Gasteiger partial charge in [0.2, 0.25) is 0 Å². The van der Waals surface area contributed by atoms with Gasteiger partial charge in [0, 0.05) is 10.9 Å². The van der Waals surface area contributed by atoms with Gasteiger partial charge in [0.15, 0.2) is 5.78 Å². The van der Waals surface area contributed by atoms with E-state index in [0.29, 0.717) is 4.47 Å². The quantitative estimate of drug-likeness (QED) is 0.901. The van der Waals surface area contributed by atoms with Gasteiger partial charge in [-0.05, 0) is 43.6 Å². The maximum Gasteiger partial charge on any atom is 0.162 e. The Balaban J connectivity index is 1.80. The Morgan fingerprint density at radius 3 is 2.84 bits per heavy atom. The van der Waals surface area contributed by atoms with Gasteiger partial charge in [-0.3, -0.25) is 4.79 Å². The van der Waals surface area contributed by atoms with Gasteiger partial charge in [0.1, 0.15) is 12.4 Å². The molecule has 1 aromatic rings. The number of rotatable bonds is 5. The van der Waals surface area contributed by atoms with Crippen molar-refractivity contribution in [3.05, 3.63) is 34.1 Å². The van der Waals surface area contributed by atoms with E-state index < -0.39 is 0 Å². The fraction of sp³-hybridized carbons (Fsp3) is 0.500. The van der Waals surface area contributed by atoms with Crippen molar-refractivity contribution in [1.82, 2.24) is 5.32 Å². The smallest absolute Gasteiger partial charge is 0.162 e. The lowest BCUT2D eigenvalue weighted by molar-refractivity contribution is -0.125. The van der Waals surface area contributed by atoms with Crippen molar-refractivity contribution in [2.45, 2.75) is 25.4 Å². The van der Waals surface area contributed by atoms with Crippen molar-refractivity contribution in [3.63, 3.8) is 0 Å². The monoisotopic (exact) mass is 329 g/mol. The van der Waals surface area contributed by atoms with E-state index in [1.807, 2.05) is 0 Å². The standard InChI is InChI=1S/C14H17BrFNO2/c15-14-8-11(16)2-1-10(14)7-12(18)9-19-13-3-5-17-6-4-13/h1-2,8,13,17H,3-7,9H2. The summed E-state index contributed by atoms with van der Waals surface area (Å²) < 4.78 is 19.2. The predicted molar refractivity (Wildman–Crippen MR) is 74.7 cm³/mol. The Bertz CT molecular complexity index is 447. The highest BCUT2D eigenvalue weighted by molar-refractivity contribution is 9.10. The molecule has 5 heteroatoms. The first-order valence-corrected chi connectivity index (χ1v) is 7.22. The van der Waals surface area contributed by atoms with Crippen LogP contribution in [0.1, 0.15) is 18.4 Å². The normalized spacial score (nSPS) is 16.5. The SMILES string of the molecule is O=C(COC1CCNCC1)Cc1ccc(F)cc1Br. The summed E-state index contributed by atoms with van der Waals surface area (Å²) in [5, 5.41) is 3.25. The van der Waals surface area contributed by atoms with Crippen molar-refractivity contribution in [2.24, 2.45) is 0 Å². The van der Waals surface area contributed by atoms with Crippen LogP contribution in [0.4, 0.5) is 4.39 Å². The number of Topliss-reactive ketones (excluding diaryl/α,β-unsaturated/α-hetero) is 1. The van der Waals surface area contributed by atoms with E-state index in [-0.39, 0.29) is 30.7 Å². The van der Waals surface area contributed by atoms with Gasteiger partial charge < -0.3 is 10.1 Å². The Morgan fingerprint density at radius 1 is 1.42 bits per heavy atom. The summed E-state index contributed by atoms with van der Waals surface area (Å²) >= 11 is 3.26. The third kappa shape index (κ3) is 4.67. The number of carbonyl (C=O) groups is 1. The zero-order chi connectivity index (χ0) is 13.7. The van der Waals surface area contributed by atoms with Crippen LogP contribution in [0.5, 0.6) is 0 Å². The minimum atomic E-state index is -0.311. The van der Waals surface area contributed by atoms with E-state index in [1.165, 1.54) is 12.1 Å². The van der Waals surface area contributed by atoms with E-state index in [4.69, 9.17) is 4.74 Å². The molecule has 1 aliphatic heterocycles. The molecule has 2 rings (SSSR count). The van der Waals surface area contributed by atoms with Crippen molar-refractivity contribution in [2.75, 3.05) is 19.7 Å². The molecule has 1 heterocycles. The molecule has 0 atom stereocenters. The van der Waals surface area contributed by atoms with Crippen molar-refractivity contribution in [1.29, 1.82) is 0 Å². The zero-order valence-corrected chi connectivity index (χ0v) is 12.2. The summed E-state index contributed by atoms with van der Waals surface area (Å²) in [5.41, 5.74) is 0.792. The molecule has 1 N–H and O–H groups in total. The van der Waals surface area contributed by atoms with Gasteiger partial charge >= 0.3 is 0 Å². The molecular weight excluding hydrogens is 313 g/mol. The first-order valence-electron chi connectivity index (χ1n) is 6.43. The van der Waals surface area contributed by atoms with Crippen LogP contribution < -0.4 is 5.32 Å². The first kappa shape index (κ1) is 14.6. The Labute approximate surface area is 120 Å². The van der Waals surface area contributed by atoms with Crippen LogP contribution in [0.3, 0.4) is 0 Å². The number of ether oxygens (including phenoxy) is 1. The highest BCUT2D eigenvalue weighted by Crippen LogP contribution is 2.19. The first-order chi connectivity index (χ1) is 9.15. The van der Waals surface area contributed by atoms with Gasteiger partial charge in [0.05, 0.1) is 6.10 Å². The number of hydrogen-bond donors (Lipinski definition) is 1. The number of halogens is 2. The van der Waals surface area contributed by atoms with Crippen molar-refractivity contribution in [3.8, 4) is 0 Å². The van der Waals surface area contributed by atoms with Gasteiger partial charge in [-0.2, -0.15) is 0 Å². The minimum Gasteiger partial charge on any atom is -0.370 e. The summed E-state index contributed by atoms with van der Waals surface area (Å²) in [7, 11) is 0. The highest BCUT2D eigenvalue weighted by Gasteiger charge is 2.15. The molecule has 0 bridgehead atoms. The molecule has 104 valence electrons. The molecule has 0 aromatic heterocycles. The van der Waals surface area contributed by atoms with E-state index in [1.54, 1.807) is 6.07 Å². The topological polar surface area (TPSA) is 38.3 Å². The van der Waals surface area contributed by atoms with E-state index in [9.17, 15) is 9.18 Å². The molecule has 0 spiro atoms. The second kappa shape index (κ2) is 7.12. The Hall–Kier alpha value is -0.780. The average Bonchev–Trinajstić information content (AvgIpc) is 2.41. The molecule has 1 fully saturated rings. The molecule has 0 saturated carbocycles. The Kier molecular flexibility index (Phi) is 5.48. The molecule has 0 radical (unpaired) electrons. The number of carbonyl (C=O) groups excluding carboxylic acids is 1. The summed E-state index contributed by atoms with van der Waals surface area (Å²) in [4.78, 5) is 11.8. The van der Waals surface area contributed by atoms with E-state index >= 15 is 0 Å². The molecule has 1 saturated heterocycles. The van der Waals surface area contributed by atoms with Crippen LogP contribution in [0, 0.1) is 5.82 Å². The molecule has 1 aromatic carbocycles. The van der Waals surface area contributed by atoms with E-state index in [2.05, 4.69) is 21.2 Å².